The van der Waals surface area contributed by atoms with Crippen LogP contribution in [-0.4, -0.2) is 32.0 Å². The number of carboxylic acid groups (broad SMARTS) is 1. The highest BCUT2D eigenvalue weighted by atomic mass is 127. The van der Waals surface area contributed by atoms with Gasteiger partial charge < -0.3 is 9.84 Å². The Morgan fingerprint density at radius 1 is 1.32 bits per heavy atom. The lowest BCUT2D eigenvalue weighted by Crippen LogP contribution is -2.32. The minimum atomic E-state index is -1.03. The van der Waals surface area contributed by atoms with Crippen LogP contribution in [0.4, 0.5) is 0 Å². The number of aliphatic carboxylic acids is 1. The first-order chi connectivity index (χ1) is 9.06. The average Bonchev–Trinajstić information content (AvgIpc) is 2.87. The highest BCUT2D eigenvalue weighted by molar-refractivity contribution is 14.1. The molecule has 4 nitrogen and oxygen atoms in total. The van der Waals surface area contributed by atoms with Crippen molar-refractivity contribution >= 4 is 57.1 Å². The molecule has 1 saturated carbocycles. The highest BCUT2D eigenvalue weighted by Crippen LogP contribution is 2.32. The molecule has 0 spiro atoms. The van der Waals surface area contributed by atoms with Crippen molar-refractivity contribution in [3.05, 3.63) is 0 Å². The van der Waals surface area contributed by atoms with Crippen LogP contribution in [0.5, 0.6) is 0 Å². The number of hydrogen-bond acceptors (Lipinski definition) is 3. The molecule has 0 amide bonds. The number of carbonyl (C=O) groups excluding carboxylic acids is 1. The smallest absolute Gasteiger partial charge is 0.320 e. The second kappa shape index (κ2) is 9.36. The molecule has 110 valence electrons. The number of esters is 1. The van der Waals surface area contributed by atoms with Gasteiger partial charge in [-0.2, -0.15) is 0 Å². The Bertz CT molecular complexity index is 303. The third-order valence-electron chi connectivity index (χ3n) is 3.45. The van der Waals surface area contributed by atoms with Gasteiger partial charge in [-0.25, -0.2) is 0 Å². The van der Waals surface area contributed by atoms with E-state index in [0.29, 0.717) is 6.61 Å². The van der Waals surface area contributed by atoms with E-state index >= 15 is 0 Å². The van der Waals surface area contributed by atoms with Gasteiger partial charge >= 0.3 is 11.9 Å². The molecule has 2 atom stereocenters. The molecule has 1 N–H and O–H groups in total. The van der Waals surface area contributed by atoms with Crippen molar-refractivity contribution in [2.24, 2.45) is 11.8 Å². The van der Waals surface area contributed by atoms with Crippen LogP contribution in [0.15, 0.2) is 0 Å². The van der Waals surface area contributed by atoms with Crippen molar-refractivity contribution in [3.63, 3.8) is 0 Å². The number of carboxylic acids is 1. The fourth-order valence-corrected chi connectivity index (χ4v) is 3.49. The first-order valence-electron chi connectivity index (χ1n) is 6.65. The summed E-state index contributed by atoms with van der Waals surface area (Å²) < 4.78 is 6.57. The fourth-order valence-electron chi connectivity index (χ4n) is 2.43. The highest BCUT2D eigenvalue weighted by Gasteiger charge is 2.37. The summed E-state index contributed by atoms with van der Waals surface area (Å²) in [6, 6.07) is 0. The summed E-state index contributed by atoms with van der Waals surface area (Å²) in [5.74, 6) is -2.58. The quantitative estimate of drug-likeness (QED) is 0.243. The average molecular weight is 494 g/mol. The van der Waals surface area contributed by atoms with Gasteiger partial charge in [0.2, 0.25) is 0 Å². The van der Waals surface area contributed by atoms with Crippen molar-refractivity contribution in [1.29, 1.82) is 0 Å². The van der Waals surface area contributed by atoms with Gasteiger partial charge in [-0.15, -0.1) is 0 Å². The van der Waals surface area contributed by atoms with Crippen LogP contribution >= 0.6 is 45.2 Å². The predicted octanol–water partition coefficient (Wildman–Crippen LogP) is 3.44. The Labute approximate surface area is 141 Å². The molecular formula is C13H20I2O4. The number of alkyl halides is 2. The van der Waals surface area contributed by atoms with E-state index in [2.05, 4.69) is 45.2 Å². The molecule has 6 heteroatoms. The second-order valence-corrected chi connectivity index (χ2v) is 7.76. The largest absolute Gasteiger partial charge is 0.481 e. The topological polar surface area (TPSA) is 63.6 Å². The van der Waals surface area contributed by atoms with E-state index in [1.165, 1.54) is 0 Å². The molecule has 1 rings (SSSR count). The summed E-state index contributed by atoms with van der Waals surface area (Å²) in [6.45, 7) is 0.326. The molecular weight excluding hydrogens is 474 g/mol. The van der Waals surface area contributed by atoms with Crippen molar-refractivity contribution in [3.8, 4) is 0 Å². The summed E-state index contributed by atoms with van der Waals surface area (Å²) >= 11 is 4.58. The van der Waals surface area contributed by atoms with E-state index in [9.17, 15) is 14.7 Å². The summed E-state index contributed by atoms with van der Waals surface area (Å²) in [7, 11) is 0. The second-order valence-electron chi connectivity index (χ2n) is 4.92. The van der Waals surface area contributed by atoms with E-state index in [4.69, 9.17) is 4.74 Å². The molecule has 1 fully saturated rings. The standard InChI is InChI=1S/C13H20I2O4/c14-7-3-6-10(15)8-19-13(18)11(12(16)17)9-4-1-2-5-9/h9-11H,1-8H2,(H,16,17). The van der Waals surface area contributed by atoms with E-state index in [0.717, 1.165) is 43.0 Å². The normalized spacial score (nSPS) is 19.1. The van der Waals surface area contributed by atoms with Crippen LogP contribution in [-0.2, 0) is 14.3 Å². The van der Waals surface area contributed by atoms with E-state index < -0.39 is 17.9 Å². The summed E-state index contributed by atoms with van der Waals surface area (Å²) in [4.78, 5) is 23.2. The first kappa shape index (κ1) is 17.5. The number of rotatable bonds is 8. The fraction of sp³-hybridized carbons (Fsp3) is 0.846. The lowest BCUT2D eigenvalue weighted by Gasteiger charge is -2.18. The van der Waals surface area contributed by atoms with E-state index in [-0.39, 0.29) is 9.84 Å². The van der Waals surface area contributed by atoms with Gasteiger partial charge in [0.05, 0.1) is 0 Å². The third kappa shape index (κ3) is 6.14. The van der Waals surface area contributed by atoms with Crippen LogP contribution < -0.4 is 0 Å². The van der Waals surface area contributed by atoms with Gasteiger partial charge in [0.25, 0.3) is 0 Å². The molecule has 0 radical (unpaired) electrons. The minimum Gasteiger partial charge on any atom is -0.481 e. The minimum absolute atomic E-state index is 0.0352. The van der Waals surface area contributed by atoms with Crippen LogP contribution in [0.3, 0.4) is 0 Å². The number of carbonyl (C=O) groups is 2. The van der Waals surface area contributed by atoms with Crippen molar-refractivity contribution in [2.45, 2.75) is 42.4 Å². The van der Waals surface area contributed by atoms with Gasteiger partial charge in [-0.1, -0.05) is 58.0 Å². The third-order valence-corrected chi connectivity index (χ3v) is 5.19. The molecule has 0 heterocycles. The number of ether oxygens (including phenoxy) is 1. The summed E-state index contributed by atoms with van der Waals surface area (Å²) in [5.41, 5.74) is 0. The van der Waals surface area contributed by atoms with Crippen LogP contribution in [0, 0.1) is 11.8 Å². The van der Waals surface area contributed by atoms with Crippen molar-refractivity contribution < 1.29 is 19.4 Å². The van der Waals surface area contributed by atoms with Crippen LogP contribution in [0.25, 0.3) is 0 Å². The van der Waals surface area contributed by atoms with Crippen molar-refractivity contribution in [2.75, 3.05) is 11.0 Å². The lowest BCUT2D eigenvalue weighted by atomic mass is 9.91. The molecule has 0 saturated heterocycles. The van der Waals surface area contributed by atoms with Gasteiger partial charge in [0.1, 0.15) is 6.61 Å². The Hall–Kier alpha value is 0.400. The Morgan fingerprint density at radius 2 is 1.95 bits per heavy atom. The van der Waals surface area contributed by atoms with E-state index in [1.807, 2.05) is 0 Å². The van der Waals surface area contributed by atoms with Crippen LogP contribution in [0.1, 0.15) is 38.5 Å². The SMILES string of the molecule is O=C(O)C(C(=O)OCC(I)CCCI)C1CCCC1. The van der Waals surface area contributed by atoms with Gasteiger partial charge in [-0.3, -0.25) is 9.59 Å². The summed E-state index contributed by atoms with van der Waals surface area (Å²) in [5, 5.41) is 9.21. The molecule has 2 unspecified atom stereocenters. The first-order valence-corrected chi connectivity index (χ1v) is 9.43. The zero-order valence-corrected chi connectivity index (χ0v) is 15.1. The number of halogens is 2. The zero-order chi connectivity index (χ0) is 14.3. The Morgan fingerprint density at radius 3 is 2.47 bits per heavy atom. The molecule has 1 aliphatic rings. The van der Waals surface area contributed by atoms with Gasteiger partial charge in [0, 0.05) is 3.92 Å². The maximum Gasteiger partial charge on any atom is 0.320 e. The van der Waals surface area contributed by atoms with Gasteiger partial charge in [-0.05, 0) is 36.0 Å². The molecule has 0 aromatic heterocycles. The monoisotopic (exact) mass is 494 g/mol. The zero-order valence-electron chi connectivity index (χ0n) is 10.8. The van der Waals surface area contributed by atoms with Crippen molar-refractivity contribution in [1.82, 2.24) is 0 Å². The predicted molar refractivity (Wildman–Crippen MR) is 90.0 cm³/mol. The Balaban J connectivity index is 2.42. The molecule has 0 aromatic carbocycles. The maximum atomic E-state index is 11.9. The van der Waals surface area contributed by atoms with Crippen LogP contribution in [0.2, 0.25) is 0 Å². The molecule has 0 aliphatic heterocycles. The lowest BCUT2D eigenvalue weighted by molar-refractivity contribution is -0.161. The van der Waals surface area contributed by atoms with E-state index in [1.54, 1.807) is 0 Å². The molecule has 19 heavy (non-hydrogen) atoms. The molecule has 0 aromatic rings. The maximum absolute atomic E-state index is 11.9. The number of hydrogen-bond donors (Lipinski definition) is 1. The van der Waals surface area contributed by atoms with Gasteiger partial charge in [0.15, 0.2) is 5.92 Å². The summed E-state index contributed by atoms with van der Waals surface area (Å²) in [6.07, 6.45) is 5.79. The molecule has 1 aliphatic carbocycles. The molecule has 0 bridgehead atoms. The Kier molecular flexibility index (Phi) is 8.59.